The number of aliphatic hydroxyl groups is 1. The van der Waals surface area contributed by atoms with Gasteiger partial charge in [0.05, 0.1) is 32.3 Å². The lowest BCUT2D eigenvalue weighted by molar-refractivity contribution is -0.170. The molecule has 4 fully saturated rings. The van der Waals surface area contributed by atoms with Crippen LogP contribution in [0, 0.1) is 46.3 Å². The Bertz CT molecular complexity index is 1380. The average Bonchev–Trinajstić information content (AvgIpc) is 3.47. The SMILES string of the molecule is CCC[C@@H](C)[C@H]1CC[C@H]2[C@@H]3CC[C@@H]4C[C@@H](NC(=O)CCC(C(=O)O)N(CCN(CC(=O)O)CC(=O)O)CCN(CC(=O)O)CC(=O)O)CC[C@]4(C)[C@H]3C[C@H](O)[C@]12C. The zero-order valence-corrected chi connectivity index (χ0v) is 34.3. The van der Waals surface area contributed by atoms with E-state index in [-0.39, 0.29) is 67.9 Å². The largest absolute Gasteiger partial charge is 0.480 e. The average molecular weight is 809 g/mol. The van der Waals surface area contributed by atoms with Crippen LogP contribution in [-0.2, 0) is 28.8 Å². The highest BCUT2D eigenvalue weighted by Crippen LogP contribution is 2.68. The summed E-state index contributed by atoms with van der Waals surface area (Å²) in [5.74, 6) is -3.59. The van der Waals surface area contributed by atoms with Crippen molar-refractivity contribution in [3.8, 4) is 0 Å². The van der Waals surface area contributed by atoms with Gasteiger partial charge in [-0.25, -0.2) is 0 Å². The fraction of sp³-hybridized carbons (Fsp3) is 0.854. The molecule has 0 aromatic carbocycles. The fourth-order valence-corrected chi connectivity index (χ4v) is 12.2. The molecule has 0 aliphatic heterocycles. The molecule has 11 atom stereocenters. The monoisotopic (exact) mass is 808 g/mol. The van der Waals surface area contributed by atoms with E-state index in [1.165, 1.54) is 24.2 Å². The van der Waals surface area contributed by atoms with Crippen LogP contribution in [0.25, 0.3) is 0 Å². The number of carbonyl (C=O) groups excluding carboxylic acids is 1. The van der Waals surface area contributed by atoms with Crippen LogP contribution in [0.4, 0.5) is 0 Å². The van der Waals surface area contributed by atoms with Crippen molar-refractivity contribution in [3.63, 3.8) is 0 Å². The Kier molecular flexibility index (Phi) is 16.3. The summed E-state index contributed by atoms with van der Waals surface area (Å²) in [4.78, 5) is 75.3. The second-order valence-corrected chi connectivity index (χ2v) is 18.2. The summed E-state index contributed by atoms with van der Waals surface area (Å²) < 4.78 is 0. The van der Waals surface area contributed by atoms with Crippen LogP contribution in [0.15, 0.2) is 0 Å². The first-order valence-electron chi connectivity index (χ1n) is 21.1. The van der Waals surface area contributed by atoms with Gasteiger partial charge in [-0.2, -0.15) is 0 Å². The van der Waals surface area contributed by atoms with Gasteiger partial charge in [0.15, 0.2) is 0 Å². The van der Waals surface area contributed by atoms with Gasteiger partial charge in [0.1, 0.15) is 6.04 Å². The number of hydrogen-bond acceptors (Lipinski definition) is 10. The molecular formula is C41H68N4O12. The van der Waals surface area contributed by atoms with E-state index in [0.717, 1.165) is 54.7 Å². The molecule has 4 aliphatic rings. The van der Waals surface area contributed by atoms with E-state index in [2.05, 4.69) is 33.0 Å². The molecule has 4 rings (SSSR count). The number of nitrogens with zero attached hydrogens (tertiary/aromatic N) is 3. The number of aliphatic hydroxyl groups excluding tert-OH is 1. The fourth-order valence-electron chi connectivity index (χ4n) is 12.2. The van der Waals surface area contributed by atoms with Crippen molar-refractivity contribution < 1.29 is 59.4 Å². The predicted octanol–water partition coefficient (Wildman–Crippen LogP) is 3.01. The number of carboxylic acid groups (broad SMARTS) is 5. The summed E-state index contributed by atoms with van der Waals surface area (Å²) >= 11 is 0. The maximum atomic E-state index is 13.4. The van der Waals surface area contributed by atoms with Crippen LogP contribution in [0.1, 0.15) is 105 Å². The number of fused-ring (bicyclic) bond motifs is 5. The van der Waals surface area contributed by atoms with Crippen molar-refractivity contribution in [2.75, 3.05) is 52.4 Å². The van der Waals surface area contributed by atoms with Crippen molar-refractivity contribution in [2.24, 2.45) is 46.3 Å². The van der Waals surface area contributed by atoms with Crippen LogP contribution in [0.5, 0.6) is 0 Å². The molecule has 0 heterocycles. The van der Waals surface area contributed by atoms with Crippen LogP contribution in [0.2, 0.25) is 0 Å². The van der Waals surface area contributed by atoms with E-state index in [4.69, 9.17) is 0 Å². The Morgan fingerprint density at radius 1 is 0.719 bits per heavy atom. The van der Waals surface area contributed by atoms with Gasteiger partial charge < -0.3 is 36.0 Å². The molecule has 0 aromatic rings. The molecule has 4 aliphatic carbocycles. The smallest absolute Gasteiger partial charge is 0.320 e. The minimum Gasteiger partial charge on any atom is -0.480 e. The summed E-state index contributed by atoms with van der Waals surface area (Å²) in [5, 5.41) is 62.5. The predicted molar refractivity (Wildman–Crippen MR) is 208 cm³/mol. The van der Waals surface area contributed by atoms with Crippen LogP contribution in [0.3, 0.4) is 0 Å². The first kappa shape index (κ1) is 46.4. The summed E-state index contributed by atoms with van der Waals surface area (Å²) in [6.07, 6.45) is 9.74. The summed E-state index contributed by atoms with van der Waals surface area (Å²) in [6.45, 7) is 6.33. The number of rotatable bonds is 23. The molecule has 324 valence electrons. The Morgan fingerprint density at radius 3 is 1.79 bits per heavy atom. The van der Waals surface area contributed by atoms with Crippen LogP contribution in [-0.4, -0.2) is 152 Å². The van der Waals surface area contributed by atoms with E-state index in [0.29, 0.717) is 35.5 Å². The quantitative estimate of drug-likeness (QED) is 0.0785. The molecule has 0 spiro atoms. The maximum Gasteiger partial charge on any atom is 0.320 e. The van der Waals surface area contributed by atoms with Gasteiger partial charge in [-0.1, -0.05) is 40.5 Å². The number of aliphatic carboxylic acids is 5. The van der Waals surface area contributed by atoms with Gasteiger partial charge >= 0.3 is 29.8 Å². The molecule has 0 saturated heterocycles. The number of carbonyl (C=O) groups is 6. The topological polar surface area (TPSA) is 246 Å². The zero-order chi connectivity index (χ0) is 42.2. The lowest BCUT2D eigenvalue weighted by Crippen LogP contribution is -2.59. The Labute approximate surface area is 336 Å². The number of hydrogen-bond donors (Lipinski definition) is 7. The van der Waals surface area contributed by atoms with Crippen molar-refractivity contribution >= 4 is 35.8 Å². The summed E-state index contributed by atoms with van der Waals surface area (Å²) in [6, 6.07) is -1.35. The van der Waals surface area contributed by atoms with E-state index >= 15 is 0 Å². The van der Waals surface area contributed by atoms with Gasteiger partial charge in [0.25, 0.3) is 0 Å². The molecule has 16 nitrogen and oxygen atoms in total. The minimum absolute atomic E-state index is 0.0415. The molecule has 16 heteroatoms. The molecule has 7 N–H and O–H groups in total. The lowest BCUT2D eigenvalue weighted by atomic mass is 9.43. The van der Waals surface area contributed by atoms with Crippen LogP contribution < -0.4 is 5.32 Å². The maximum absolute atomic E-state index is 13.4. The second kappa shape index (κ2) is 20.1. The third-order valence-electron chi connectivity index (χ3n) is 14.9. The molecule has 57 heavy (non-hydrogen) atoms. The molecule has 1 unspecified atom stereocenters. The van der Waals surface area contributed by atoms with Crippen LogP contribution >= 0.6 is 0 Å². The zero-order valence-electron chi connectivity index (χ0n) is 34.3. The minimum atomic E-state index is -1.28. The van der Waals surface area contributed by atoms with Crippen molar-refractivity contribution in [3.05, 3.63) is 0 Å². The third-order valence-corrected chi connectivity index (χ3v) is 14.9. The molecule has 0 aromatic heterocycles. The van der Waals surface area contributed by atoms with Gasteiger partial charge in [-0.3, -0.25) is 43.5 Å². The summed E-state index contributed by atoms with van der Waals surface area (Å²) in [5.41, 5.74) is 0.0268. The highest BCUT2D eigenvalue weighted by Gasteiger charge is 2.63. The van der Waals surface area contributed by atoms with E-state index in [1.807, 2.05) is 0 Å². The lowest BCUT2D eigenvalue weighted by Gasteiger charge is -2.62. The van der Waals surface area contributed by atoms with Crippen molar-refractivity contribution in [2.45, 2.75) is 123 Å². The third kappa shape index (κ3) is 11.4. The summed E-state index contributed by atoms with van der Waals surface area (Å²) in [7, 11) is 0. The first-order valence-corrected chi connectivity index (χ1v) is 21.1. The van der Waals surface area contributed by atoms with E-state index in [1.54, 1.807) is 0 Å². The number of amides is 1. The highest BCUT2D eigenvalue weighted by atomic mass is 16.4. The van der Waals surface area contributed by atoms with E-state index in [9.17, 15) is 59.4 Å². The van der Waals surface area contributed by atoms with E-state index < -0.39 is 62.1 Å². The van der Waals surface area contributed by atoms with Gasteiger partial charge in [-0.15, -0.1) is 0 Å². The molecule has 4 saturated carbocycles. The molecular weight excluding hydrogens is 740 g/mol. The van der Waals surface area contributed by atoms with Gasteiger partial charge in [-0.05, 0) is 104 Å². The molecule has 1 amide bonds. The van der Waals surface area contributed by atoms with Gasteiger partial charge in [0, 0.05) is 38.6 Å². The number of nitrogens with one attached hydrogen (secondary N) is 1. The highest BCUT2D eigenvalue weighted by molar-refractivity contribution is 5.79. The van der Waals surface area contributed by atoms with Crippen molar-refractivity contribution in [1.29, 1.82) is 0 Å². The molecule has 0 bridgehead atoms. The Balaban J connectivity index is 1.39. The normalized spacial score (nSPS) is 31.9. The standard InChI is InChI=1S/C41H68N4O12/c1-5-6-25(2)29-9-10-30-28-8-7-26-19-27(13-14-40(26,3)31(28)20-33(46)41(29,30)4)42-34(47)12-11-32(39(56)57)45(17-15-43(21-35(48)49)22-36(50)51)18-16-44(23-37(52)53)24-38(54)55/h25-33,46H,5-24H2,1-4H3,(H,42,47)(H,48,49)(H,50,51)(H,52,53)(H,54,55)(H,56,57)/t25-,26-,27+,28+,29-,30+,31+,32?,33+,40+,41-/m1/s1. The Morgan fingerprint density at radius 2 is 1.28 bits per heavy atom. The Hall–Kier alpha value is -3.34. The molecule has 0 radical (unpaired) electrons. The second-order valence-electron chi connectivity index (χ2n) is 18.2. The van der Waals surface area contributed by atoms with Gasteiger partial charge in [0.2, 0.25) is 5.91 Å². The number of carboxylic acids is 5. The first-order chi connectivity index (χ1) is 26.8. The van der Waals surface area contributed by atoms with Crippen molar-refractivity contribution in [1.82, 2.24) is 20.0 Å².